The fourth-order valence-corrected chi connectivity index (χ4v) is 1.90. The van der Waals surface area contributed by atoms with Gasteiger partial charge < -0.3 is 9.47 Å². The van der Waals surface area contributed by atoms with E-state index in [9.17, 15) is 14.4 Å². The summed E-state index contributed by atoms with van der Waals surface area (Å²) < 4.78 is 9.96. The van der Waals surface area contributed by atoms with Gasteiger partial charge in [0.15, 0.2) is 5.78 Å². The van der Waals surface area contributed by atoms with Crippen LogP contribution in [0.1, 0.15) is 27.6 Å². The molecule has 0 saturated heterocycles. The van der Waals surface area contributed by atoms with Crippen LogP contribution < -0.4 is 4.74 Å². The number of hydrogen-bond donors (Lipinski definition) is 0. The van der Waals surface area contributed by atoms with Crippen molar-refractivity contribution in [2.45, 2.75) is 6.92 Å². The number of rotatable bonds is 6. The van der Waals surface area contributed by atoms with Crippen molar-refractivity contribution in [3.8, 4) is 5.75 Å². The van der Waals surface area contributed by atoms with Crippen molar-refractivity contribution >= 4 is 17.7 Å². The summed E-state index contributed by atoms with van der Waals surface area (Å²) in [4.78, 5) is 35.6. The van der Waals surface area contributed by atoms with Crippen molar-refractivity contribution < 1.29 is 23.9 Å². The maximum Gasteiger partial charge on any atom is 0.343 e. The number of carbonyl (C=O) groups excluding carboxylic acids is 3. The molecule has 0 aliphatic heterocycles. The van der Waals surface area contributed by atoms with Crippen LogP contribution in [0.2, 0.25) is 0 Å². The van der Waals surface area contributed by atoms with Crippen LogP contribution in [0.25, 0.3) is 0 Å². The Kier molecular flexibility index (Phi) is 5.63. The van der Waals surface area contributed by atoms with Gasteiger partial charge in [0, 0.05) is 5.56 Å². The molecule has 2 aromatic rings. The number of ether oxygens (including phenoxy) is 2. The number of carbonyl (C=O) groups is 3. The van der Waals surface area contributed by atoms with Gasteiger partial charge in [-0.05, 0) is 43.3 Å². The lowest BCUT2D eigenvalue weighted by molar-refractivity contribution is -0.138. The first-order valence-corrected chi connectivity index (χ1v) is 7.31. The minimum Gasteiger partial charge on any atom is -0.462 e. The molecule has 0 saturated carbocycles. The highest BCUT2D eigenvalue weighted by Gasteiger charge is 2.18. The molecular weight excluding hydrogens is 308 g/mol. The molecule has 2 rings (SSSR count). The summed E-state index contributed by atoms with van der Waals surface area (Å²) in [6, 6.07) is 14.4. The normalized spacial score (nSPS) is 9.88. The number of benzene rings is 2. The van der Waals surface area contributed by atoms with E-state index in [1.54, 1.807) is 37.3 Å². The van der Waals surface area contributed by atoms with Gasteiger partial charge in [0.05, 0.1) is 12.2 Å². The zero-order chi connectivity index (χ0) is 17.5. The molecule has 0 N–H and O–H groups in total. The SMILES string of the molecule is C=C(C(=O)OCC)C(=O)c1ccc(OC(=O)c2ccccc2)cc1. The molecule has 5 nitrogen and oxygen atoms in total. The average Bonchev–Trinajstić information content (AvgIpc) is 2.62. The minimum atomic E-state index is -0.748. The van der Waals surface area contributed by atoms with E-state index >= 15 is 0 Å². The Morgan fingerprint density at radius 1 is 0.917 bits per heavy atom. The van der Waals surface area contributed by atoms with Crippen molar-refractivity contribution in [3.05, 3.63) is 77.9 Å². The third-order valence-corrected chi connectivity index (χ3v) is 3.13. The molecule has 0 amide bonds. The molecule has 122 valence electrons. The largest absolute Gasteiger partial charge is 0.462 e. The standard InChI is InChI=1S/C19H16O5/c1-3-23-18(21)13(2)17(20)14-9-11-16(12-10-14)24-19(22)15-7-5-4-6-8-15/h4-12H,2-3H2,1H3. The molecule has 2 aromatic carbocycles. The quantitative estimate of drug-likeness (QED) is 0.204. The topological polar surface area (TPSA) is 69.7 Å². The second kappa shape index (κ2) is 7.87. The minimum absolute atomic E-state index is 0.166. The Morgan fingerprint density at radius 3 is 2.12 bits per heavy atom. The van der Waals surface area contributed by atoms with Gasteiger partial charge in [0.1, 0.15) is 11.3 Å². The molecule has 0 atom stereocenters. The first kappa shape index (κ1) is 17.1. The van der Waals surface area contributed by atoms with Gasteiger partial charge in [-0.1, -0.05) is 24.8 Å². The fourth-order valence-electron chi connectivity index (χ4n) is 1.90. The highest BCUT2D eigenvalue weighted by atomic mass is 16.5. The molecule has 0 aliphatic rings. The Balaban J connectivity index is 2.05. The maximum atomic E-state index is 12.1. The summed E-state index contributed by atoms with van der Waals surface area (Å²) in [5.74, 6) is -1.48. The summed E-state index contributed by atoms with van der Waals surface area (Å²) >= 11 is 0. The van der Waals surface area contributed by atoms with Crippen LogP contribution in [-0.4, -0.2) is 24.3 Å². The fraction of sp³-hybridized carbons (Fsp3) is 0.105. The molecule has 0 fully saturated rings. The van der Waals surface area contributed by atoms with Gasteiger partial charge >= 0.3 is 11.9 Å². The molecule has 0 bridgehead atoms. The van der Waals surface area contributed by atoms with Crippen LogP contribution in [0.5, 0.6) is 5.75 Å². The van der Waals surface area contributed by atoms with Crippen LogP contribution in [-0.2, 0) is 9.53 Å². The summed E-state index contributed by atoms with van der Waals surface area (Å²) in [6.07, 6.45) is 0. The molecule has 0 unspecified atom stereocenters. The van der Waals surface area contributed by atoms with Crippen LogP contribution >= 0.6 is 0 Å². The number of esters is 2. The highest BCUT2D eigenvalue weighted by molar-refractivity contribution is 6.23. The number of hydrogen-bond acceptors (Lipinski definition) is 5. The van der Waals surface area contributed by atoms with E-state index in [4.69, 9.17) is 9.47 Å². The maximum absolute atomic E-state index is 12.1. The predicted molar refractivity (Wildman–Crippen MR) is 87.9 cm³/mol. The lowest BCUT2D eigenvalue weighted by Gasteiger charge is -2.07. The van der Waals surface area contributed by atoms with Crippen molar-refractivity contribution in [3.63, 3.8) is 0 Å². The van der Waals surface area contributed by atoms with E-state index < -0.39 is 17.7 Å². The number of Topliss-reactive ketones (excluding diaryl/α,β-unsaturated/α-hetero) is 1. The van der Waals surface area contributed by atoms with Crippen LogP contribution in [0.15, 0.2) is 66.7 Å². The Bertz CT molecular complexity index is 760. The molecule has 24 heavy (non-hydrogen) atoms. The van der Waals surface area contributed by atoms with Crippen molar-refractivity contribution in [2.75, 3.05) is 6.61 Å². The zero-order valence-corrected chi connectivity index (χ0v) is 13.2. The number of ketones is 1. The average molecular weight is 324 g/mol. The molecule has 0 radical (unpaired) electrons. The third kappa shape index (κ3) is 4.16. The first-order chi connectivity index (χ1) is 11.5. The smallest absolute Gasteiger partial charge is 0.343 e. The predicted octanol–water partition coefficient (Wildman–Crippen LogP) is 3.21. The summed E-state index contributed by atoms with van der Waals surface area (Å²) in [6.45, 7) is 5.26. The molecule has 5 heteroatoms. The molecule has 0 aromatic heterocycles. The molecular formula is C19H16O5. The van der Waals surface area contributed by atoms with E-state index in [0.29, 0.717) is 11.3 Å². The summed E-state index contributed by atoms with van der Waals surface area (Å²) in [5.41, 5.74) is 0.437. The third-order valence-electron chi connectivity index (χ3n) is 3.13. The Labute approximate surface area is 139 Å². The summed E-state index contributed by atoms with van der Waals surface area (Å²) in [5, 5.41) is 0. The lowest BCUT2D eigenvalue weighted by atomic mass is 10.0. The van der Waals surface area contributed by atoms with Gasteiger partial charge in [0.25, 0.3) is 0 Å². The van der Waals surface area contributed by atoms with Gasteiger partial charge in [-0.2, -0.15) is 0 Å². The zero-order valence-electron chi connectivity index (χ0n) is 13.2. The van der Waals surface area contributed by atoms with E-state index in [1.165, 1.54) is 24.3 Å². The Morgan fingerprint density at radius 2 is 1.54 bits per heavy atom. The monoisotopic (exact) mass is 324 g/mol. The molecule has 0 aliphatic carbocycles. The second-order valence-corrected chi connectivity index (χ2v) is 4.81. The second-order valence-electron chi connectivity index (χ2n) is 4.81. The first-order valence-electron chi connectivity index (χ1n) is 7.31. The van der Waals surface area contributed by atoms with E-state index in [-0.39, 0.29) is 17.7 Å². The van der Waals surface area contributed by atoms with Gasteiger partial charge in [-0.3, -0.25) is 4.79 Å². The van der Waals surface area contributed by atoms with Crippen LogP contribution in [0.4, 0.5) is 0 Å². The highest BCUT2D eigenvalue weighted by Crippen LogP contribution is 2.16. The van der Waals surface area contributed by atoms with Crippen molar-refractivity contribution in [2.24, 2.45) is 0 Å². The van der Waals surface area contributed by atoms with E-state index in [2.05, 4.69) is 6.58 Å². The van der Waals surface area contributed by atoms with Crippen LogP contribution in [0.3, 0.4) is 0 Å². The summed E-state index contributed by atoms with van der Waals surface area (Å²) in [7, 11) is 0. The van der Waals surface area contributed by atoms with E-state index in [0.717, 1.165) is 0 Å². The molecule has 0 spiro atoms. The van der Waals surface area contributed by atoms with Crippen molar-refractivity contribution in [1.82, 2.24) is 0 Å². The van der Waals surface area contributed by atoms with Crippen molar-refractivity contribution in [1.29, 1.82) is 0 Å². The van der Waals surface area contributed by atoms with E-state index in [1.807, 2.05) is 0 Å². The van der Waals surface area contributed by atoms with Crippen LogP contribution in [0, 0.1) is 0 Å². The van der Waals surface area contributed by atoms with Gasteiger partial charge in [0.2, 0.25) is 0 Å². The lowest BCUT2D eigenvalue weighted by Crippen LogP contribution is -2.15. The van der Waals surface area contributed by atoms with Gasteiger partial charge in [-0.25, -0.2) is 9.59 Å². The Hall–Kier alpha value is -3.21. The molecule has 0 heterocycles. The van der Waals surface area contributed by atoms with Gasteiger partial charge in [-0.15, -0.1) is 0 Å².